The monoisotopic (exact) mass is 399 g/mol. The summed E-state index contributed by atoms with van der Waals surface area (Å²) in [6.07, 6.45) is 3.09. The molecule has 1 heterocycles. The van der Waals surface area contributed by atoms with E-state index in [9.17, 15) is 9.59 Å². The Balaban J connectivity index is 1.73. The molecule has 0 fully saturated rings. The van der Waals surface area contributed by atoms with E-state index in [-0.39, 0.29) is 23.9 Å². The molecule has 3 aromatic rings. The van der Waals surface area contributed by atoms with Crippen molar-refractivity contribution in [3.63, 3.8) is 0 Å². The fraction of sp³-hybridized carbons (Fsp3) is 0.0500. The first kappa shape index (κ1) is 18.9. The highest BCUT2D eigenvalue weighted by Crippen LogP contribution is 2.23. The van der Waals surface area contributed by atoms with Crippen molar-refractivity contribution in [1.29, 1.82) is 0 Å². The van der Waals surface area contributed by atoms with Crippen molar-refractivity contribution in [2.75, 3.05) is 5.32 Å². The SMILES string of the molecule is O=C(NCc1ccccc1NC(=O)c1cc(Cl)ccc1Cl)c1cccnc1. The second kappa shape index (κ2) is 8.66. The average Bonchev–Trinajstić information content (AvgIpc) is 2.69. The Hall–Kier alpha value is -2.89. The maximum Gasteiger partial charge on any atom is 0.257 e. The predicted molar refractivity (Wildman–Crippen MR) is 106 cm³/mol. The molecule has 5 nitrogen and oxygen atoms in total. The van der Waals surface area contributed by atoms with Crippen LogP contribution in [0.3, 0.4) is 0 Å². The van der Waals surface area contributed by atoms with Gasteiger partial charge in [0, 0.05) is 29.6 Å². The van der Waals surface area contributed by atoms with E-state index in [1.807, 2.05) is 12.1 Å². The number of halogens is 2. The highest BCUT2D eigenvalue weighted by Gasteiger charge is 2.14. The van der Waals surface area contributed by atoms with E-state index in [0.717, 1.165) is 5.56 Å². The summed E-state index contributed by atoms with van der Waals surface area (Å²) in [6.45, 7) is 0.244. The van der Waals surface area contributed by atoms with E-state index in [2.05, 4.69) is 15.6 Å². The lowest BCUT2D eigenvalue weighted by molar-refractivity contribution is 0.0950. The molecule has 1 aromatic heterocycles. The van der Waals surface area contributed by atoms with Gasteiger partial charge in [-0.15, -0.1) is 0 Å². The van der Waals surface area contributed by atoms with Gasteiger partial charge in [0.15, 0.2) is 0 Å². The van der Waals surface area contributed by atoms with Crippen molar-refractivity contribution in [2.24, 2.45) is 0 Å². The van der Waals surface area contributed by atoms with E-state index in [4.69, 9.17) is 23.2 Å². The van der Waals surface area contributed by atoms with Crippen molar-refractivity contribution in [3.8, 4) is 0 Å². The van der Waals surface area contributed by atoms with E-state index in [0.29, 0.717) is 21.3 Å². The molecule has 0 bridgehead atoms. The van der Waals surface area contributed by atoms with Crippen LogP contribution in [0.1, 0.15) is 26.3 Å². The lowest BCUT2D eigenvalue weighted by Gasteiger charge is -2.13. The van der Waals surface area contributed by atoms with Crippen molar-refractivity contribution >= 4 is 40.7 Å². The Morgan fingerprint density at radius 3 is 2.56 bits per heavy atom. The van der Waals surface area contributed by atoms with E-state index in [1.165, 1.54) is 12.3 Å². The van der Waals surface area contributed by atoms with Gasteiger partial charge in [0.2, 0.25) is 0 Å². The summed E-state index contributed by atoms with van der Waals surface area (Å²) in [7, 11) is 0. The lowest BCUT2D eigenvalue weighted by Crippen LogP contribution is -2.24. The molecule has 0 spiro atoms. The minimum atomic E-state index is -0.381. The van der Waals surface area contributed by atoms with Gasteiger partial charge in [0.25, 0.3) is 11.8 Å². The van der Waals surface area contributed by atoms with E-state index >= 15 is 0 Å². The fourth-order valence-electron chi connectivity index (χ4n) is 2.43. The molecule has 0 aliphatic heterocycles. The number of aromatic nitrogens is 1. The Morgan fingerprint density at radius 2 is 1.78 bits per heavy atom. The number of hydrogen-bond donors (Lipinski definition) is 2. The maximum atomic E-state index is 12.5. The molecule has 2 aromatic carbocycles. The van der Waals surface area contributed by atoms with Gasteiger partial charge in [-0.3, -0.25) is 14.6 Å². The summed E-state index contributed by atoms with van der Waals surface area (Å²) in [5.41, 5.74) is 2.06. The number of carbonyl (C=O) groups is 2. The van der Waals surface area contributed by atoms with E-state index < -0.39 is 0 Å². The number of amides is 2. The fourth-order valence-corrected chi connectivity index (χ4v) is 2.81. The van der Waals surface area contributed by atoms with Gasteiger partial charge >= 0.3 is 0 Å². The summed E-state index contributed by atoms with van der Waals surface area (Å²) in [6, 6.07) is 15.2. The standard InChI is InChI=1S/C20H15Cl2N3O2/c21-15-7-8-17(22)16(10-15)20(27)25-18-6-2-1-4-13(18)12-24-19(26)14-5-3-9-23-11-14/h1-11H,12H2,(H,24,26)(H,25,27). The van der Waals surface area contributed by atoms with Gasteiger partial charge in [-0.25, -0.2) is 0 Å². The second-order valence-electron chi connectivity index (χ2n) is 5.66. The smallest absolute Gasteiger partial charge is 0.257 e. The average molecular weight is 400 g/mol. The lowest BCUT2D eigenvalue weighted by atomic mass is 10.1. The molecule has 7 heteroatoms. The third-order valence-electron chi connectivity index (χ3n) is 3.80. The number of carbonyl (C=O) groups excluding carboxylic acids is 2. The number of pyridine rings is 1. The number of rotatable bonds is 5. The normalized spacial score (nSPS) is 10.3. The van der Waals surface area contributed by atoms with Gasteiger partial charge in [-0.2, -0.15) is 0 Å². The molecule has 0 aliphatic carbocycles. The van der Waals surface area contributed by atoms with Crippen LogP contribution in [-0.2, 0) is 6.54 Å². The van der Waals surface area contributed by atoms with Crippen LogP contribution in [0, 0.1) is 0 Å². The molecule has 0 saturated heterocycles. The highest BCUT2D eigenvalue weighted by atomic mass is 35.5. The zero-order chi connectivity index (χ0) is 19.2. The van der Waals surface area contributed by atoms with Crippen LogP contribution in [0.4, 0.5) is 5.69 Å². The Bertz CT molecular complexity index is 978. The number of para-hydroxylation sites is 1. The molecule has 0 atom stereocenters. The molecule has 2 amide bonds. The summed E-state index contributed by atoms with van der Waals surface area (Å²) in [4.78, 5) is 28.7. The summed E-state index contributed by atoms with van der Waals surface area (Å²) in [5.74, 6) is -0.629. The van der Waals surface area contributed by atoms with Crippen LogP contribution < -0.4 is 10.6 Å². The molecule has 0 aliphatic rings. The van der Waals surface area contributed by atoms with Gasteiger partial charge in [0.1, 0.15) is 0 Å². The Labute approximate surface area is 166 Å². The first-order chi connectivity index (χ1) is 13.0. The molecular formula is C20H15Cl2N3O2. The molecule has 136 valence electrons. The molecule has 0 unspecified atom stereocenters. The molecule has 0 radical (unpaired) electrons. The van der Waals surface area contributed by atoms with Gasteiger partial charge in [-0.05, 0) is 42.0 Å². The Morgan fingerprint density at radius 1 is 0.963 bits per heavy atom. The van der Waals surface area contributed by atoms with Crippen LogP contribution in [0.2, 0.25) is 10.0 Å². The second-order valence-corrected chi connectivity index (χ2v) is 6.50. The van der Waals surface area contributed by atoms with Gasteiger partial charge < -0.3 is 10.6 Å². The number of benzene rings is 2. The molecular weight excluding hydrogens is 385 g/mol. The predicted octanol–water partition coefficient (Wildman–Crippen LogP) is 4.57. The highest BCUT2D eigenvalue weighted by molar-refractivity contribution is 6.36. The molecule has 27 heavy (non-hydrogen) atoms. The first-order valence-corrected chi connectivity index (χ1v) is 8.83. The van der Waals surface area contributed by atoms with Crippen molar-refractivity contribution < 1.29 is 9.59 Å². The summed E-state index contributed by atoms with van der Waals surface area (Å²) >= 11 is 12.0. The number of nitrogens with zero attached hydrogens (tertiary/aromatic N) is 1. The summed E-state index contributed by atoms with van der Waals surface area (Å²) < 4.78 is 0. The number of anilines is 1. The third-order valence-corrected chi connectivity index (χ3v) is 4.37. The van der Waals surface area contributed by atoms with Crippen LogP contribution in [0.25, 0.3) is 0 Å². The van der Waals surface area contributed by atoms with E-state index in [1.54, 1.807) is 42.6 Å². The molecule has 2 N–H and O–H groups in total. The van der Waals surface area contributed by atoms with Crippen LogP contribution in [-0.4, -0.2) is 16.8 Å². The topological polar surface area (TPSA) is 71.1 Å². The number of hydrogen-bond acceptors (Lipinski definition) is 3. The minimum absolute atomic E-state index is 0.244. The molecule has 3 rings (SSSR count). The largest absolute Gasteiger partial charge is 0.348 e. The minimum Gasteiger partial charge on any atom is -0.348 e. The third kappa shape index (κ3) is 4.84. The van der Waals surface area contributed by atoms with Crippen LogP contribution in [0.5, 0.6) is 0 Å². The first-order valence-electron chi connectivity index (χ1n) is 8.07. The van der Waals surface area contributed by atoms with Crippen LogP contribution in [0.15, 0.2) is 67.0 Å². The van der Waals surface area contributed by atoms with Crippen LogP contribution >= 0.6 is 23.2 Å². The zero-order valence-electron chi connectivity index (χ0n) is 14.1. The van der Waals surface area contributed by atoms with Crippen molar-refractivity contribution in [2.45, 2.75) is 6.54 Å². The summed E-state index contributed by atoms with van der Waals surface area (Å²) in [5, 5.41) is 6.35. The van der Waals surface area contributed by atoms with Gasteiger partial charge in [-0.1, -0.05) is 41.4 Å². The van der Waals surface area contributed by atoms with Crippen molar-refractivity contribution in [1.82, 2.24) is 10.3 Å². The number of nitrogens with one attached hydrogen (secondary N) is 2. The van der Waals surface area contributed by atoms with Gasteiger partial charge in [0.05, 0.1) is 16.1 Å². The molecule has 0 saturated carbocycles. The maximum absolute atomic E-state index is 12.5. The quantitative estimate of drug-likeness (QED) is 0.659. The van der Waals surface area contributed by atoms with Crippen molar-refractivity contribution in [3.05, 3.63) is 93.7 Å². The Kier molecular flexibility index (Phi) is 6.06. The zero-order valence-corrected chi connectivity index (χ0v) is 15.6.